The molecule has 1 N–H and O–H groups in total. The first-order chi connectivity index (χ1) is 9.22. The predicted molar refractivity (Wildman–Crippen MR) is 74.6 cm³/mol. The van der Waals surface area contributed by atoms with Crippen molar-refractivity contribution in [3.63, 3.8) is 0 Å². The fraction of sp³-hybridized carbons (Fsp3) is 0.133. The van der Waals surface area contributed by atoms with E-state index < -0.39 is 0 Å². The second-order valence-electron chi connectivity index (χ2n) is 4.04. The lowest BCUT2D eigenvalue weighted by atomic mass is 10.0. The van der Waals surface area contributed by atoms with Crippen LogP contribution in [0.5, 0.6) is 0 Å². The Kier molecular flexibility index (Phi) is 4.03. The van der Waals surface area contributed by atoms with E-state index in [0.717, 1.165) is 22.0 Å². The smallest absolute Gasteiger partial charge is 0.309 e. The molecular weight excluding hydrogens is 242 g/mol. The Bertz CT molecular complexity index is 607. The molecule has 2 aromatic rings. The van der Waals surface area contributed by atoms with Crippen molar-refractivity contribution in [2.24, 2.45) is 0 Å². The molecule has 0 aliphatic rings. The van der Waals surface area contributed by atoms with E-state index >= 15 is 0 Å². The van der Waals surface area contributed by atoms with E-state index in [2.05, 4.69) is 16.8 Å². The number of benzene rings is 2. The molecule has 0 unspecified atom stereocenters. The molecule has 2 rings (SSSR count). The Labute approximate surface area is 111 Å². The third-order valence-electron chi connectivity index (χ3n) is 2.74. The van der Waals surface area contributed by atoms with E-state index in [9.17, 15) is 4.79 Å². The van der Waals surface area contributed by atoms with Gasteiger partial charge in [0.1, 0.15) is 6.26 Å². The molecule has 0 heterocycles. The largest absolute Gasteiger partial charge is 0.469 e. The van der Waals surface area contributed by atoms with Gasteiger partial charge in [0.25, 0.3) is 0 Å². The first kappa shape index (κ1) is 13.0. The zero-order chi connectivity index (χ0) is 13.7. The number of fused-ring (bicyclic) bond motifs is 1. The van der Waals surface area contributed by atoms with Gasteiger partial charge in [0.05, 0.1) is 19.2 Å². The fourth-order valence-electron chi connectivity index (χ4n) is 1.82. The number of nitrogens with one attached hydrogen (secondary N) is 1. The molecule has 4 nitrogen and oxygen atoms in total. The summed E-state index contributed by atoms with van der Waals surface area (Å²) in [5.74, 6) is -0.247. The molecule has 0 spiro atoms. The molecule has 4 heteroatoms. The van der Waals surface area contributed by atoms with Crippen LogP contribution in [0.2, 0.25) is 0 Å². The second kappa shape index (κ2) is 5.91. The summed E-state index contributed by atoms with van der Waals surface area (Å²) >= 11 is 0. The zero-order valence-corrected chi connectivity index (χ0v) is 10.7. The van der Waals surface area contributed by atoms with Crippen molar-refractivity contribution < 1.29 is 14.4 Å². The van der Waals surface area contributed by atoms with Crippen LogP contribution in [0.15, 0.2) is 49.2 Å². The Morgan fingerprint density at radius 1 is 1.26 bits per heavy atom. The van der Waals surface area contributed by atoms with E-state index in [1.165, 1.54) is 13.4 Å². The molecule has 0 saturated carbocycles. The molecule has 0 amide bonds. The van der Waals surface area contributed by atoms with Crippen LogP contribution in [-0.4, -0.2) is 13.1 Å². The predicted octanol–water partition coefficient (Wildman–Crippen LogP) is 3.04. The maximum atomic E-state index is 11.3. The van der Waals surface area contributed by atoms with E-state index in [4.69, 9.17) is 4.84 Å². The number of carbonyl (C=O) groups excluding carboxylic acids is 1. The number of anilines is 1. The van der Waals surface area contributed by atoms with E-state index in [-0.39, 0.29) is 12.4 Å². The van der Waals surface area contributed by atoms with Crippen molar-refractivity contribution >= 4 is 22.4 Å². The lowest BCUT2D eigenvalue weighted by molar-refractivity contribution is -0.139. The molecule has 0 aliphatic heterocycles. The van der Waals surface area contributed by atoms with Crippen LogP contribution in [0.3, 0.4) is 0 Å². The topological polar surface area (TPSA) is 47.6 Å². The molecule has 0 aromatic heterocycles. The fourth-order valence-corrected chi connectivity index (χ4v) is 1.82. The van der Waals surface area contributed by atoms with E-state index in [0.29, 0.717) is 0 Å². The number of hydrogen-bond acceptors (Lipinski definition) is 4. The number of rotatable bonds is 5. The van der Waals surface area contributed by atoms with Crippen LogP contribution < -0.4 is 5.48 Å². The average molecular weight is 257 g/mol. The molecule has 2 aromatic carbocycles. The van der Waals surface area contributed by atoms with Crippen molar-refractivity contribution in [3.8, 4) is 0 Å². The minimum absolute atomic E-state index is 0.247. The summed E-state index contributed by atoms with van der Waals surface area (Å²) in [5.41, 5.74) is 4.49. The minimum Gasteiger partial charge on any atom is -0.469 e. The van der Waals surface area contributed by atoms with Gasteiger partial charge in [0.2, 0.25) is 0 Å². The summed E-state index contributed by atoms with van der Waals surface area (Å²) in [6.45, 7) is 3.46. The summed E-state index contributed by atoms with van der Waals surface area (Å²) in [5, 5.41) is 2.12. The third kappa shape index (κ3) is 3.25. The monoisotopic (exact) mass is 257 g/mol. The summed E-state index contributed by atoms with van der Waals surface area (Å²) in [4.78, 5) is 16.2. The first-order valence-corrected chi connectivity index (χ1v) is 5.85. The van der Waals surface area contributed by atoms with Crippen molar-refractivity contribution in [1.29, 1.82) is 0 Å². The van der Waals surface area contributed by atoms with Gasteiger partial charge in [-0.05, 0) is 28.5 Å². The molecular formula is C15H15NO3. The Balaban J connectivity index is 2.28. The van der Waals surface area contributed by atoms with Crippen molar-refractivity contribution in [2.45, 2.75) is 6.42 Å². The molecule has 98 valence electrons. The number of esters is 1. The summed E-state index contributed by atoms with van der Waals surface area (Å²) in [6, 6.07) is 11.7. The molecule has 0 aliphatic carbocycles. The Morgan fingerprint density at radius 3 is 2.79 bits per heavy atom. The van der Waals surface area contributed by atoms with Gasteiger partial charge in [0, 0.05) is 0 Å². The lowest BCUT2D eigenvalue weighted by Crippen LogP contribution is -2.04. The number of hydrogen-bond donors (Lipinski definition) is 1. The molecule has 0 bridgehead atoms. The maximum absolute atomic E-state index is 11.3. The van der Waals surface area contributed by atoms with Gasteiger partial charge in [0.15, 0.2) is 0 Å². The SMILES string of the molecule is C=CONc1ccc2ccc(CC(=O)OC)cc2c1. The highest BCUT2D eigenvalue weighted by Gasteiger charge is 2.04. The maximum Gasteiger partial charge on any atom is 0.309 e. The quantitative estimate of drug-likeness (QED) is 0.508. The van der Waals surface area contributed by atoms with E-state index in [1.54, 1.807) is 0 Å². The molecule has 0 radical (unpaired) electrons. The van der Waals surface area contributed by atoms with Gasteiger partial charge in [-0.2, -0.15) is 0 Å². The van der Waals surface area contributed by atoms with Crippen LogP contribution in [-0.2, 0) is 20.8 Å². The summed E-state index contributed by atoms with van der Waals surface area (Å²) in [6.07, 6.45) is 1.59. The highest BCUT2D eigenvalue weighted by atomic mass is 16.6. The molecule has 19 heavy (non-hydrogen) atoms. The zero-order valence-electron chi connectivity index (χ0n) is 10.7. The van der Waals surface area contributed by atoms with Gasteiger partial charge < -0.3 is 9.57 Å². The van der Waals surface area contributed by atoms with Gasteiger partial charge in [-0.15, -0.1) is 0 Å². The lowest BCUT2D eigenvalue weighted by Gasteiger charge is -2.07. The van der Waals surface area contributed by atoms with Gasteiger partial charge in [-0.1, -0.05) is 30.8 Å². The number of ether oxygens (including phenoxy) is 1. The van der Waals surface area contributed by atoms with Crippen LogP contribution in [0.25, 0.3) is 10.8 Å². The van der Waals surface area contributed by atoms with Crippen LogP contribution in [0, 0.1) is 0 Å². The molecule has 0 fully saturated rings. The normalized spacial score (nSPS) is 9.95. The van der Waals surface area contributed by atoms with Crippen molar-refractivity contribution in [3.05, 3.63) is 54.8 Å². The first-order valence-electron chi connectivity index (χ1n) is 5.85. The van der Waals surface area contributed by atoms with Crippen molar-refractivity contribution in [2.75, 3.05) is 12.6 Å². The summed E-state index contributed by atoms with van der Waals surface area (Å²) in [7, 11) is 1.39. The van der Waals surface area contributed by atoms with Crippen LogP contribution in [0.1, 0.15) is 5.56 Å². The minimum atomic E-state index is -0.247. The second-order valence-corrected chi connectivity index (χ2v) is 4.04. The van der Waals surface area contributed by atoms with Gasteiger partial charge in [-0.25, -0.2) is 5.48 Å². The van der Waals surface area contributed by atoms with Crippen molar-refractivity contribution in [1.82, 2.24) is 0 Å². The molecule has 0 saturated heterocycles. The number of methoxy groups -OCH3 is 1. The Hall–Kier alpha value is -2.49. The third-order valence-corrected chi connectivity index (χ3v) is 2.74. The Morgan fingerprint density at radius 2 is 2.05 bits per heavy atom. The highest BCUT2D eigenvalue weighted by molar-refractivity contribution is 5.87. The molecule has 0 atom stereocenters. The van der Waals surface area contributed by atoms with Crippen LogP contribution in [0.4, 0.5) is 5.69 Å². The summed E-state index contributed by atoms with van der Waals surface area (Å²) < 4.78 is 4.66. The van der Waals surface area contributed by atoms with Gasteiger partial charge >= 0.3 is 5.97 Å². The highest BCUT2D eigenvalue weighted by Crippen LogP contribution is 2.21. The van der Waals surface area contributed by atoms with Gasteiger partial charge in [-0.3, -0.25) is 4.79 Å². The number of carbonyl (C=O) groups is 1. The van der Waals surface area contributed by atoms with Crippen LogP contribution >= 0.6 is 0 Å². The average Bonchev–Trinajstić information content (AvgIpc) is 2.44. The van der Waals surface area contributed by atoms with E-state index in [1.807, 2.05) is 36.4 Å². The standard InChI is InChI=1S/C15H15NO3/c1-3-19-16-14-7-6-12-5-4-11(8-13(12)10-14)9-15(17)18-2/h3-8,10,16H,1,9H2,2H3.